The molecule has 0 saturated heterocycles. The normalized spacial score (nSPS) is 10.7. The minimum atomic E-state index is -1.02. The maximum Gasteiger partial charge on any atom is 0.337 e. The van der Waals surface area contributed by atoms with Crippen molar-refractivity contribution in [2.45, 2.75) is 96.8 Å². The smallest absolute Gasteiger partial charge is 0.337 e. The summed E-state index contributed by atoms with van der Waals surface area (Å²) in [6.07, 6.45) is 17.0. The van der Waals surface area contributed by atoms with E-state index in [1.807, 2.05) is 0 Å². The van der Waals surface area contributed by atoms with Crippen molar-refractivity contribution in [2.24, 2.45) is 0 Å². The van der Waals surface area contributed by atoms with Gasteiger partial charge in [-0.05, 0) is 18.6 Å². The van der Waals surface area contributed by atoms with E-state index in [9.17, 15) is 9.59 Å². The Bertz CT molecular complexity index is 542. The van der Waals surface area contributed by atoms with Crippen molar-refractivity contribution in [3.63, 3.8) is 0 Å². The molecule has 4 heteroatoms. The first-order valence-corrected chi connectivity index (χ1v) is 10.8. The molecule has 0 spiro atoms. The van der Waals surface area contributed by atoms with E-state index in [1.165, 1.54) is 76.7 Å². The van der Waals surface area contributed by atoms with Crippen molar-refractivity contribution >= 4 is 17.6 Å². The summed E-state index contributed by atoms with van der Waals surface area (Å²) < 4.78 is 0. The Morgan fingerprint density at radius 1 is 0.778 bits per heavy atom. The average molecular weight is 376 g/mol. The molecule has 0 fully saturated rings. The Morgan fingerprint density at radius 3 is 1.78 bits per heavy atom. The Balaban J connectivity index is 1.98. The van der Waals surface area contributed by atoms with Crippen molar-refractivity contribution in [3.8, 4) is 0 Å². The quantitative estimate of drug-likeness (QED) is 0.312. The third kappa shape index (κ3) is 11.5. The van der Waals surface area contributed by atoms with Gasteiger partial charge in [0.05, 0.1) is 11.3 Å². The highest BCUT2D eigenvalue weighted by atomic mass is 16.4. The van der Waals surface area contributed by atoms with Gasteiger partial charge in [0.2, 0.25) is 5.91 Å². The van der Waals surface area contributed by atoms with Crippen LogP contribution in [-0.2, 0) is 4.79 Å². The standard InChI is InChI=1S/C23H37NO3/c1-2-3-4-5-6-7-8-9-10-11-12-13-14-19-22(25)24-21-18-16-15-17-20(21)23(26)27/h15-18H,2-14,19H2,1H3,(H,24,25)(H,26,27). The number of amides is 1. The van der Waals surface area contributed by atoms with Gasteiger partial charge in [-0.3, -0.25) is 4.79 Å². The molecule has 0 aliphatic carbocycles. The Morgan fingerprint density at radius 2 is 1.26 bits per heavy atom. The second-order valence-corrected chi connectivity index (χ2v) is 7.39. The summed E-state index contributed by atoms with van der Waals surface area (Å²) in [5, 5.41) is 11.8. The van der Waals surface area contributed by atoms with Crippen LogP contribution in [0.5, 0.6) is 0 Å². The van der Waals surface area contributed by atoms with E-state index >= 15 is 0 Å². The highest BCUT2D eigenvalue weighted by Gasteiger charge is 2.11. The molecule has 2 N–H and O–H groups in total. The van der Waals surface area contributed by atoms with E-state index in [1.54, 1.807) is 18.2 Å². The number of carboxylic acid groups (broad SMARTS) is 1. The van der Waals surface area contributed by atoms with Crippen LogP contribution in [0.25, 0.3) is 0 Å². The van der Waals surface area contributed by atoms with Crippen LogP contribution in [0.4, 0.5) is 5.69 Å². The van der Waals surface area contributed by atoms with Gasteiger partial charge in [0.25, 0.3) is 0 Å². The number of carbonyl (C=O) groups excluding carboxylic acids is 1. The molecular weight excluding hydrogens is 338 g/mol. The maximum absolute atomic E-state index is 12.0. The molecule has 0 aliphatic rings. The lowest BCUT2D eigenvalue weighted by Crippen LogP contribution is -2.14. The monoisotopic (exact) mass is 375 g/mol. The van der Waals surface area contributed by atoms with Gasteiger partial charge in [-0.15, -0.1) is 0 Å². The molecule has 0 aliphatic heterocycles. The maximum atomic E-state index is 12.0. The van der Waals surface area contributed by atoms with Gasteiger partial charge < -0.3 is 10.4 Å². The molecule has 0 atom stereocenters. The number of anilines is 1. The zero-order valence-electron chi connectivity index (χ0n) is 17.0. The first-order valence-electron chi connectivity index (χ1n) is 10.8. The van der Waals surface area contributed by atoms with Gasteiger partial charge >= 0.3 is 5.97 Å². The zero-order valence-corrected chi connectivity index (χ0v) is 17.0. The summed E-state index contributed by atoms with van der Waals surface area (Å²) in [6, 6.07) is 6.52. The minimum absolute atomic E-state index is 0.105. The van der Waals surface area contributed by atoms with E-state index in [2.05, 4.69) is 12.2 Å². The summed E-state index contributed by atoms with van der Waals surface area (Å²) in [6.45, 7) is 2.25. The molecule has 0 saturated carbocycles. The Hall–Kier alpha value is -1.84. The summed E-state index contributed by atoms with van der Waals surface area (Å²) in [5.41, 5.74) is 0.515. The topological polar surface area (TPSA) is 66.4 Å². The molecule has 0 bridgehead atoms. The van der Waals surface area contributed by atoms with Gasteiger partial charge in [-0.2, -0.15) is 0 Å². The number of rotatable bonds is 16. The van der Waals surface area contributed by atoms with Gasteiger partial charge in [0.1, 0.15) is 0 Å². The van der Waals surface area contributed by atoms with E-state index in [4.69, 9.17) is 5.11 Å². The Labute approximate surface area is 164 Å². The average Bonchev–Trinajstić information content (AvgIpc) is 2.65. The number of hydrogen-bond donors (Lipinski definition) is 2. The second kappa shape index (κ2) is 15.2. The van der Waals surface area contributed by atoms with Crippen molar-refractivity contribution in [1.82, 2.24) is 0 Å². The molecule has 0 radical (unpaired) electrons. The van der Waals surface area contributed by atoms with Gasteiger partial charge in [0, 0.05) is 6.42 Å². The first kappa shape index (κ1) is 23.2. The van der Waals surface area contributed by atoms with Crippen LogP contribution in [0.15, 0.2) is 24.3 Å². The fourth-order valence-corrected chi connectivity index (χ4v) is 3.29. The van der Waals surface area contributed by atoms with Crippen LogP contribution >= 0.6 is 0 Å². The number of carboxylic acids is 1. The molecule has 0 unspecified atom stereocenters. The number of para-hydroxylation sites is 1. The van der Waals surface area contributed by atoms with Crippen LogP contribution < -0.4 is 5.32 Å². The van der Waals surface area contributed by atoms with E-state index in [0.717, 1.165) is 12.8 Å². The number of nitrogens with one attached hydrogen (secondary N) is 1. The second-order valence-electron chi connectivity index (χ2n) is 7.39. The fourth-order valence-electron chi connectivity index (χ4n) is 3.29. The number of hydrogen-bond acceptors (Lipinski definition) is 2. The van der Waals surface area contributed by atoms with E-state index < -0.39 is 5.97 Å². The molecule has 1 aromatic carbocycles. The lowest BCUT2D eigenvalue weighted by molar-refractivity contribution is -0.116. The molecule has 0 aromatic heterocycles. The van der Waals surface area contributed by atoms with Crippen molar-refractivity contribution in [1.29, 1.82) is 0 Å². The summed E-state index contributed by atoms with van der Waals surface area (Å²) >= 11 is 0. The van der Waals surface area contributed by atoms with Crippen LogP contribution in [-0.4, -0.2) is 17.0 Å². The number of carbonyl (C=O) groups is 2. The molecule has 0 heterocycles. The molecule has 27 heavy (non-hydrogen) atoms. The zero-order chi connectivity index (χ0) is 19.7. The number of aromatic carboxylic acids is 1. The van der Waals surface area contributed by atoms with Gasteiger partial charge in [0.15, 0.2) is 0 Å². The van der Waals surface area contributed by atoms with Crippen LogP contribution in [0.2, 0.25) is 0 Å². The van der Waals surface area contributed by atoms with Crippen LogP contribution in [0.3, 0.4) is 0 Å². The van der Waals surface area contributed by atoms with Gasteiger partial charge in [-0.1, -0.05) is 96.1 Å². The molecule has 4 nitrogen and oxygen atoms in total. The lowest BCUT2D eigenvalue weighted by atomic mass is 10.0. The Kier molecular flexibility index (Phi) is 13.1. The molecule has 1 rings (SSSR count). The van der Waals surface area contributed by atoms with E-state index in [-0.39, 0.29) is 11.5 Å². The fraction of sp³-hybridized carbons (Fsp3) is 0.652. The molecule has 1 aromatic rings. The summed E-state index contributed by atoms with van der Waals surface area (Å²) in [7, 11) is 0. The predicted molar refractivity (Wildman–Crippen MR) is 112 cm³/mol. The summed E-state index contributed by atoms with van der Waals surface area (Å²) in [4.78, 5) is 23.1. The third-order valence-electron chi connectivity index (χ3n) is 4.94. The summed E-state index contributed by atoms with van der Waals surface area (Å²) in [5.74, 6) is -1.13. The molecule has 1 amide bonds. The van der Waals surface area contributed by atoms with E-state index in [0.29, 0.717) is 12.1 Å². The highest BCUT2D eigenvalue weighted by Crippen LogP contribution is 2.16. The van der Waals surface area contributed by atoms with Crippen LogP contribution in [0.1, 0.15) is 107 Å². The number of benzene rings is 1. The number of unbranched alkanes of at least 4 members (excludes halogenated alkanes) is 12. The lowest BCUT2D eigenvalue weighted by Gasteiger charge is -2.08. The third-order valence-corrected chi connectivity index (χ3v) is 4.94. The largest absolute Gasteiger partial charge is 0.478 e. The first-order chi connectivity index (χ1) is 13.1. The van der Waals surface area contributed by atoms with Crippen molar-refractivity contribution in [2.75, 3.05) is 5.32 Å². The minimum Gasteiger partial charge on any atom is -0.478 e. The van der Waals surface area contributed by atoms with Crippen molar-refractivity contribution < 1.29 is 14.7 Å². The highest BCUT2D eigenvalue weighted by molar-refractivity contribution is 6.00. The molecule has 152 valence electrons. The molecular formula is C23H37NO3. The SMILES string of the molecule is CCCCCCCCCCCCCCCC(=O)Nc1ccccc1C(=O)O. The van der Waals surface area contributed by atoms with Gasteiger partial charge in [-0.25, -0.2) is 4.79 Å². The van der Waals surface area contributed by atoms with Crippen LogP contribution in [0, 0.1) is 0 Å². The predicted octanol–water partition coefficient (Wildman–Crippen LogP) is 6.80. The van der Waals surface area contributed by atoms with Crippen molar-refractivity contribution in [3.05, 3.63) is 29.8 Å².